The van der Waals surface area contributed by atoms with Gasteiger partial charge in [0.25, 0.3) is 0 Å². The SMILES string of the molecule is COc1ccc(NCC2(C)CCOCC2)nc1. The van der Waals surface area contributed by atoms with Crippen LogP contribution in [0.15, 0.2) is 18.3 Å². The van der Waals surface area contributed by atoms with Crippen molar-refractivity contribution in [1.82, 2.24) is 4.98 Å². The molecule has 94 valence electrons. The van der Waals surface area contributed by atoms with Crippen molar-refractivity contribution in [2.75, 3.05) is 32.2 Å². The quantitative estimate of drug-likeness (QED) is 0.871. The van der Waals surface area contributed by atoms with E-state index in [0.29, 0.717) is 5.41 Å². The van der Waals surface area contributed by atoms with E-state index in [1.165, 1.54) is 0 Å². The summed E-state index contributed by atoms with van der Waals surface area (Å²) < 4.78 is 10.5. The van der Waals surface area contributed by atoms with Crippen molar-refractivity contribution in [3.05, 3.63) is 18.3 Å². The van der Waals surface area contributed by atoms with Gasteiger partial charge in [-0.3, -0.25) is 0 Å². The number of nitrogens with zero attached hydrogens (tertiary/aromatic N) is 1. The number of rotatable bonds is 4. The van der Waals surface area contributed by atoms with Crippen molar-refractivity contribution in [1.29, 1.82) is 0 Å². The minimum absolute atomic E-state index is 0.319. The molecule has 4 nitrogen and oxygen atoms in total. The zero-order valence-electron chi connectivity index (χ0n) is 10.5. The molecule has 1 aliphatic rings. The Morgan fingerprint density at radius 2 is 2.18 bits per heavy atom. The van der Waals surface area contributed by atoms with Crippen molar-refractivity contribution in [2.45, 2.75) is 19.8 Å². The van der Waals surface area contributed by atoms with Crippen LogP contribution in [0.4, 0.5) is 5.82 Å². The highest BCUT2D eigenvalue weighted by molar-refractivity contribution is 5.37. The molecule has 1 aromatic heterocycles. The Labute approximate surface area is 102 Å². The zero-order chi connectivity index (χ0) is 12.1. The van der Waals surface area contributed by atoms with E-state index in [0.717, 1.165) is 44.2 Å². The molecule has 2 heterocycles. The second-order valence-electron chi connectivity index (χ2n) is 4.86. The number of methoxy groups -OCH3 is 1. The number of pyridine rings is 1. The molecular weight excluding hydrogens is 216 g/mol. The first-order valence-electron chi connectivity index (χ1n) is 6.04. The zero-order valence-corrected chi connectivity index (χ0v) is 10.5. The van der Waals surface area contributed by atoms with Gasteiger partial charge in [-0.15, -0.1) is 0 Å². The van der Waals surface area contributed by atoms with Gasteiger partial charge in [0.05, 0.1) is 13.3 Å². The second-order valence-corrected chi connectivity index (χ2v) is 4.86. The Morgan fingerprint density at radius 1 is 1.41 bits per heavy atom. The van der Waals surface area contributed by atoms with Gasteiger partial charge < -0.3 is 14.8 Å². The summed E-state index contributed by atoms with van der Waals surface area (Å²) in [6.07, 6.45) is 3.95. The average molecular weight is 236 g/mol. The second kappa shape index (κ2) is 5.36. The topological polar surface area (TPSA) is 43.4 Å². The first-order chi connectivity index (χ1) is 8.22. The Morgan fingerprint density at radius 3 is 2.76 bits per heavy atom. The molecule has 0 spiro atoms. The van der Waals surface area contributed by atoms with Gasteiger partial charge in [0.2, 0.25) is 0 Å². The fourth-order valence-electron chi connectivity index (χ4n) is 1.95. The molecule has 0 aliphatic carbocycles. The number of aromatic nitrogens is 1. The molecule has 1 saturated heterocycles. The van der Waals surface area contributed by atoms with E-state index in [4.69, 9.17) is 9.47 Å². The number of nitrogens with one attached hydrogen (secondary N) is 1. The summed E-state index contributed by atoms with van der Waals surface area (Å²) in [5.74, 6) is 1.69. The third kappa shape index (κ3) is 3.33. The van der Waals surface area contributed by atoms with Crippen LogP contribution in [0.25, 0.3) is 0 Å². The minimum Gasteiger partial charge on any atom is -0.495 e. The largest absolute Gasteiger partial charge is 0.495 e. The van der Waals surface area contributed by atoms with Gasteiger partial charge in [-0.25, -0.2) is 4.98 Å². The molecule has 0 amide bonds. The third-order valence-corrected chi connectivity index (χ3v) is 3.37. The summed E-state index contributed by atoms with van der Waals surface area (Å²) in [5, 5.41) is 3.38. The highest BCUT2D eigenvalue weighted by Gasteiger charge is 2.26. The summed E-state index contributed by atoms with van der Waals surface area (Å²) >= 11 is 0. The van der Waals surface area contributed by atoms with E-state index in [1.807, 2.05) is 12.1 Å². The van der Waals surface area contributed by atoms with Crippen LogP contribution in [0.5, 0.6) is 5.75 Å². The lowest BCUT2D eigenvalue weighted by Crippen LogP contribution is -2.33. The van der Waals surface area contributed by atoms with Gasteiger partial charge in [-0.05, 0) is 30.4 Å². The Hall–Kier alpha value is -1.29. The molecule has 0 bridgehead atoms. The predicted molar refractivity (Wildman–Crippen MR) is 67.4 cm³/mol. The Kier molecular flexibility index (Phi) is 3.84. The maximum Gasteiger partial charge on any atom is 0.137 e. The molecule has 2 rings (SSSR count). The van der Waals surface area contributed by atoms with Crippen LogP contribution in [0.2, 0.25) is 0 Å². The summed E-state index contributed by atoms with van der Waals surface area (Å²) in [6, 6.07) is 3.86. The number of hydrogen-bond acceptors (Lipinski definition) is 4. The van der Waals surface area contributed by atoms with Crippen LogP contribution in [0.3, 0.4) is 0 Å². The summed E-state index contributed by atoms with van der Waals surface area (Å²) in [4.78, 5) is 4.30. The molecule has 0 radical (unpaired) electrons. The number of hydrogen-bond donors (Lipinski definition) is 1. The van der Waals surface area contributed by atoms with Crippen molar-refractivity contribution in [3.63, 3.8) is 0 Å². The summed E-state index contributed by atoms with van der Waals surface area (Å²) in [7, 11) is 1.65. The van der Waals surface area contributed by atoms with Gasteiger partial charge >= 0.3 is 0 Å². The van der Waals surface area contributed by atoms with Crippen molar-refractivity contribution in [3.8, 4) is 5.75 Å². The monoisotopic (exact) mass is 236 g/mol. The van der Waals surface area contributed by atoms with E-state index in [-0.39, 0.29) is 0 Å². The van der Waals surface area contributed by atoms with Gasteiger partial charge in [0.1, 0.15) is 11.6 Å². The number of ether oxygens (including phenoxy) is 2. The minimum atomic E-state index is 0.319. The standard InChI is InChI=1S/C13H20N2O2/c1-13(5-7-17-8-6-13)10-15-12-4-3-11(16-2)9-14-12/h3-4,9H,5-8,10H2,1-2H3,(H,14,15). The van der Waals surface area contributed by atoms with Crippen LogP contribution in [-0.2, 0) is 4.74 Å². The Balaban J connectivity index is 1.87. The number of anilines is 1. The molecule has 0 atom stereocenters. The fourth-order valence-corrected chi connectivity index (χ4v) is 1.95. The van der Waals surface area contributed by atoms with Gasteiger partial charge in [0, 0.05) is 19.8 Å². The molecule has 1 N–H and O–H groups in total. The van der Waals surface area contributed by atoms with E-state index < -0.39 is 0 Å². The van der Waals surface area contributed by atoms with Crippen LogP contribution < -0.4 is 10.1 Å². The van der Waals surface area contributed by atoms with Crippen LogP contribution in [0, 0.1) is 5.41 Å². The maximum absolute atomic E-state index is 5.39. The molecule has 0 saturated carbocycles. The van der Waals surface area contributed by atoms with E-state index in [9.17, 15) is 0 Å². The van der Waals surface area contributed by atoms with Crippen molar-refractivity contribution in [2.24, 2.45) is 5.41 Å². The van der Waals surface area contributed by atoms with Gasteiger partial charge in [-0.2, -0.15) is 0 Å². The molecule has 0 aromatic carbocycles. The highest BCUT2D eigenvalue weighted by Crippen LogP contribution is 2.29. The lowest BCUT2D eigenvalue weighted by molar-refractivity contribution is 0.0300. The van der Waals surface area contributed by atoms with E-state index in [2.05, 4.69) is 17.2 Å². The first kappa shape index (κ1) is 12.2. The van der Waals surface area contributed by atoms with Crippen molar-refractivity contribution < 1.29 is 9.47 Å². The predicted octanol–water partition coefficient (Wildman–Crippen LogP) is 2.32. The molecule has 0 unspecified atom stereocenters. The van der Waals surface area contributed by atoms with Crippen LogP contribution in [-0.4, -0.2) is 31.9 Å². The summed E-state index contributed by atoms with van der Waals surface area (Å²) in [6.45, 7) is 4.98. The molecule has 4 heteroatoms. The fraction of sp³-hybridized carbons (Fsp3) is 0.615. The van der Waals surface area contributed by atoms with Crippen LogP contribution in [0.1, 0.15) is 19.8 Å². The molecule has 1 aliphatic heterocycles. The highest BCUT2D eigenvalue weighted by atomic mass is 16.5. The van der Waals surface area contributed by atoms with E-state index >= 15 is 0 Å². The molecule has 17 heavy (non-hydrogen) atoms. The van der Waals surface area contributed by atoms with Crippen molar-refractivity contribution >= 4 is 5.82 Å². The average Bonchev–Trinajstić information content (AvgIpc) is 2.38. The lowest BCUT2D eigenvalue weighted by Gasteiger charge is -2.33. The van der Waals surface area contributed by atoms with Gasteiger partial charge in [0.15, 0.2) is 0 Å². The smallest absolute Gasteiger partial charge is 0.137 e. The molecular formula is C13H20N2O2. The third-order valence-electron chi connectivity index (χ3n) is 3.37. The normalized spacial score (nSPS) is 18.7. The molecule has 1 fully saturated rings. The summed E-state index contributed by atoms with van der Waals surface area (Å²) in [5.41, 5.74) is 0.319. The Bertz CT molecular complexity index is 345. The lowest BCUT2D eigenvalue weighted by atomic mass is 9.82. The van der Waals surface area contributed by atoms with Gasteiger partial charge in [-0.1, -0.05) is 6.92 Å². The first-order valence-corrected chi connectivity index (χ1v) is 6.04. The van der Waals surface area contributed by atoms with E-state index in [1.54, 1.807) is 13.3 Å². The molecule has 1 aromatic rings. The van der Waals surface area contributed by atoms with Crippen LogP contribution >= 0.6 is 0 Å². The maximum atomic E-state index is 5.39.